The molecule has 0 heteroatoms. The first-order chi connectivity index (χ1) is 4.88. The smallest absolute Gasteiger partial charge is 0.00197 e. The molecule has 0 aromatic rings. The Morgan fingerprint density at radius 3 is 2.80 bits per heavy atom. The molecule has 0 bridgehead atoms. The highest BCUT2D eigenvalue weighted by atomic mass is 14.2. The highest BCUT2D eigenvalue weighted by Crippen LogP contribution is 2.25. The first-order valence-electron chi connectivity index (χ1n) is 4.25. The summed E-state index contributed by atoms with van der Waals surface area (Å²) in [5, 5.41) is 0. The average Bonchev–Trinajstić information content (AvgIpc) is 2.36. The summed E-state index contributed by atoms with van der Waals surface area (Å²) in [6, 6.07) is 0. The predicted molar refractivity (Wildman–Crippen MR) is 45.9 cm³/mol. The molecule has 1 rings (SSSR count). The fourth-order valence-corrected chi connectivity index (χ4v) is 1.52. The molecule has 10 heavy (non-hydrogen) atoms. The van der Waals surface area contributed by atoms with Gasteiger partial charge in [-0.05, 0) is 18.8 Å². The van der Waals surface area contributed by atoms with Crippen molar-refractivity contribution in [3.8, 4) is 0 Å². The van der Waals surface area contributed by atoms with Gasteiger partial charge in [-0.25, -0.2) is 0 Å². The molecule has 1 unspecified atom stereocenters. The lowest BCUT2D eigenvalue weighted by Crippen LogP contribution is -1.94. The topological polar surface area (TPSA) is 0 Å². The number of rotatable bonds is 3. The second-order valence-electron chi connectivity index (χ2n) is 2.89. The minimum Gasteiger partial charge on any atom is -0.0773 e. The third-order valence-electron chi connectivity index (χ3n) is 2.11. The monoisotopic (exact) mass is 136 g/mol. The molecule has 0 amide bonds. The molecule has 0 heterocycles. The molecule has 0 aromatic carbocycles. The SMILES string of the molecule is CCCC1=CC=CC1CC. The number of hydrogen-bond donors (Lipinski definition) is 0. The van der Waals surface area contributed by atoms with E-state index in [9.17, 15) is 0 Å². The van der Waals surface area contributed by atoms with Crippen molar-refractivity contribution in [2.45, 2.75) is 33.1 Å². The Hall–Kier alpha value is -0.520. The minimum absolute atomic E-state index is 0.764. The van der Waals surface area contributed by atoms with Crippen LogP contribution >= 0.6 is 0 Å². The van der Waals surface area contributed by atoms with Gasteiger partial charge in [0.2, 0.25) is 0 Å². The molecule has 0 nitrogen and oxygen atoms in total. The van der Waals surface area contributed by atoms with Crippen LogP contribution in [0.3, 0.4) is 0 Å². The molecule has 1 atom stereocenters. The van der Waals surface area contributed by atoms with E-state index < -0.39 is 0 Å². The Balaban J connectivity index is 2.45. The van der Waals surface area contributed by atoms with E-state index in [-0.39, 0.29) is 0 Å². The molecule has 1 aliphatic carbocycles. The van der Waals surface area contributed by atoms with Crippen LogP contribution in [-0.4, -0.2) is 0 Å². The molecule has 0 aromatic heterocycles. The van der Waals surface area contributed by atoms with Crippen LogP contribution in [-0.2, 0) is 0 Å². The average molecular weight is 136 g/mol. The highest BCUT2D eigenvalue weighted by Gasteiger charge is 2.10. The van der Waals surface area contributed by atoms with Gasteiger partial charge in [0, 0.05) is 0 Å². The van der Waals surface area contributed by atoms with Crippen LogP contribution in [0.25, 0.3) is 0 Å². The maximum Gasteiger partial charge on any atom is -0.00197 e. The molecule has 0 radical (unpaired) electrons. The fourth-order valence-electron chi connectivity index (χ4n) is 1.52. The lowest BCUT2D eigenvalue weighted by molar-refractivity contribution is 0.688. The molecule has 56 valence electrons. The summed E-state index contributed by atoms with van der Waals surface area (Å²) in [5.41, 5.74) is 1.63. The largest absolute Gasteiger partial charge is 0.0773 e. The summed E-state index contributed by atoms with van der Waals surface area (Å²) in [5.74, 6) is 0.764. The van der Waals surface area contributed by atoms with Gasteiger partial charge in [0.15, 0.2) is 0 Å². The van der Waals surface area contributed by atoms with Gasteiger partial charge < -0.3 is 0 Å². The van der Waals surface area contributed by atoms with Crippen LogP contribution in [0.1, 0.15) is 33.1 Å². The van der Waals surface area contributed by atoms with Gasteiger partial charge in [-0.1, -0.05) is 44.1 Å². The number of hydrogen-bond acceptors (Lipinski definition) is 0. The first-order valence-corrected chi connectivity index (χ1v) is 4.25. The molecule has 0 aliphatic heterocycles. The van der Waals surface area contributed by atoms with Crippen LogP contribution in [0.15, 0.2) is 23.8 Å². The van der Waals surface area contributed by atoms with E-state index in [0.717, 1.165) is 5.92 Å². The third kappa shape index (κ3) is 1.50. The van der Waals surface area contributed by atoms with E-state index in [0.29, 0.717) is 0 Å². The van der Waals surface area contributed by atoms with E-state index in [4.69, 9.17) is 0 Å². The van der Waals surface area contributed by atoms with Crippen molar-refractivity contribution < 1.29 is 0 Å². The Bertz CT molecular complexity index is 151. The highest BCUT2D eigenvalue weighted by molar-refractivity contribution is 5.26. The Morgan fingerprint density at radius 2 is 2.20 bits per heavy atom. The molecule has 1 aliphatic rings. The lowest BCUT2D eigenvalue weighted by atomic mass is 9.97. The Labute approximate surface area is 63.6 Å². The summed E-state index contributed by atoms with van der Waals surface area (Å²) in [4.78, 5) is 0. The summed E-state index contributed by atoms with van der Waals surface area (Å²) in [6.45, 7) is 4.50. The van der Waals surface area contributed by atoms with E-state index >= 15 is 0 Å². The van der Waals surface area contributed by atoms with E-state index in [1.165, 1.54) is 19.3 Å². The zero-order valence-corrected chi connectivity index (χ0v) is 6.93. The van der Waals surface area contributed by atoms with Crippen LogP contribution in [0.4, 0.5) is 0 Å². The summed E-state index contributed by atoms with van der Waals surface area (Å²) in [6.07, 6.45) is 10.6. The standard InChI is InChI=1S/C10H16/c1-3-6-10-8-5-7-9(10)4-2/h5,7-9H,3-4,6H2,1-2H3. The molecule has 0 saturated heterocycles. The van der Waals surface area contributed by atoms with Crippen molar-refractivity contribution >= 4 is 0 Å². The summed E-state index contributed by atoms with van der Waals surface area (Å²) >= 11 is 0. The first kappa shape index (κ1) is 7.59. The minimum atomic E-state index is 0.764. The second kappa shape index (κ2) is 3.60. The Kier molecular flexibility index (Phi) is 2.73. The molecule has 0 saturated carbocycles. The van der Waals surface area contributed by atoms with Gasteiger partial charge in [-0.2, -0.15) is 0 Å². The fraction of sp³-hybridized carbons (Fsp3) is 0.600. The lowest BCUT2D eigenvalue weighted by Gasteiger charge is -2.09. The van der Waals surface area contributed by atoms with Crippen molar-refractivity contribution in [2.24, 2.45) is 5.92 Å². The van der Waals surface area contributed by atoms with Gasteiger partial charge in [0.1, 0.15) is 0 Å². The maximum absolute atomic E-state index is 2.31. The normalized spacial score (nSPS) is 23.4. The zero-order chi connectivity index (χ0) is 7.40. The van der Waals surface area contributed by atoms with Gasteiger partial charge >= 0.3 is 0 Å². The van der Waals surface area contributed by atoms with E-state index in [1.807, 2.05) is 0 Å². The number of allylic oxidation sites excluding steroid dienone is 4. The molecule has 0 spiro atoms. The summed E-state index contributed by atoms with van der Waals surface area (Å²) < 4.78 is 0. The van der Waals surface area contributed by atoms with Crippen LogP contribution in [0, 0.1) is 5.92 Å². The van der Waals surface area contributed by atoms with Gasteiger partial charge in [-0.15, -0.1) is 0 Å². The molecular formula is C10H16. The Morgan fingerprint density at radius 1 is 1.40 bits per heavy atom. The van der Waals surface area contributed by atoms with Crippen LogP contribution in [0.5, 0.6) is 0 Å². The second-order valence-corrected chi connectivity index (χ2v) is 2.89. The van der Waals surface area contributed by atoms with Gasteiger partial charge in [-0.3, -0.25) is 0 Å². The molecule has 0 N–H and O–H groups in total. The van der Waals surface area contributed by atoms with E-state index in [2.05, 4.69) is 32.1 Å². The quantitative estimate of drug-likeness (QED) is 0.558. The van der Waals surface area contributed by atoms with Crippen LogP contribution in [0.2, 0.25) is 0 Å². The van der Waals surface area contributed by atoms with Crippen molar-refractivity contribution in [1.82, 2.24) is 0 Å². The van der Waals surface area contributed by atoms with Crippen LogP contribution < -0.4 is 0 Å². The van der Waals surface area contributed by atoms with Crippen molar-refractivity contribution in [3.63, 3.8) is 0 Å². The predicted octanol–water partition coefficient (Wildman–Crippen LogP) is 3.31. The zero-order valence-electron chi connectivity index (χ0n) is 6.93. The van der Waals surface area contributed by atoms with E-state index in [1.54, 1.807) is 5.57 Å². The van der Waals surface area contributed by atoms with Crippen molar-refractivity contribution in [3.05, 3.63) is 23.8 Å². The third-order valence-corrected chi connectivity index (χ3v) is 2.11. The summed E-state index contributed by atoms with van der Waals surface area (Å²) in [7, 11) is 0. The van der Waals surface area contributed by atoms with Crippen molar-refractivity contribution in [1.29, 1.82) is 0 Å². The molecular weight excluding hydrogens is 120 g/mol. The van der Waals surface area contributed by atoms with Gasteiger partial charge in [0.05, 0.1) is 0 Å². The van der Waals surface area contributed by atoms with Crippen molar-refractivity contribution in [2.75, 3.05) is 0 Å². The molecule has 0 fully saturated rings. The van der Waals surface area contributed by atoms with Gasteiger partial charge in [0.25, 0.3) is 0 Å². The maximum atomic E-state index is 2.31.